The van der Waals surface area contributed by atoms with Crippen LogP contribution in [0.5, 0.6) is 11.6 Å². The molecule has 0 aromatic carbocycles. The van der Waals surface area contributed by atoms with Crippen LogP contribution in [0, 0.1) is 5.41 Å². The summed E-state index contributed by atoms with van der Waals surface area (Å²) in [5, 5.41) is 17.3. The maximum atomic E-state index is 12.7. The molecule has 0 radical (unpaired) electrons. The molecule has 3 aromatic rings. The summed E-state index contributed by atoms with van der Waals surface area (Å²) in [6.45, 7) is 3.52. The third-order valence-electron chi connectivity index (χ3n) is 6.78. The van der Waals surface area contributed by atoms with Crippen molar-refractivity contribution in [2.75, 3.05) is 6.61 Å². The standard InChI is InChI=1S/C25H30N6O5/c1-24(2,34)13-35-17-3-4-20-15(10-29-31(20)12-17)5-21(32)30-16-6-25(7-16)8-18(9-25)36-23-19(22(26)33)11-27-14-28-23/h3-4,10-12,14,16,18,34H,5-9,13H2,1-2H3,(H2,26,33)(H,30,32). The first-order chi connectivity index (χ1) is 17.1. The van der Waals surface area contributed by atoms with Crippen molar-refractivity contribution >= 4 is 17.3 Å². The number of rotatable bonds is 9. The summed E-state index contributed by atoms with van der Waals surface area (Å²) in [5.41, 5.74) is 6.46. The number of primary amides is 1. The number of carbonyl (C=O) groups is 2. The van der Waals surface area contributed by atoms with Gasteiger partial charge in [0.25, 0.3) is 5.91 Å². The Hall–Kier alpha value is -3.73. The van der Waals surface area contributed by atoms with Crippen LogP contribution in [0.4, 0.5) is 0 Å². The van der Waals surface area contributed by atoms with Crippen molar-refractivity contribution in [1.82, 2.24) is 24.9 Å². The Morgan fingerprint density at radius 2 is 2.03 bits per heavy atom. The van der Waals surface area contributed by atoms with Gasteiger partial charge in [-0.25, -0.2) is 14.5 Å². The molecule has 4 N–H and O–H groups in total. The lowest BCUT2D eigenvalue weighted by molar-refractivity contribution is -0.127. The van der Waals surface area contributed by atoms with E-state index in [2.05, 4.69) is 20.4 Å². The summed E-state index contributed by atoms with van der Waals surface area (Å²) in [4.78, 5) is 32.0. The first kappa shape index (κ1) is 24.0. The van der Waals surface area contributed by atoms with Crippen molar-refractivity contribution < 1.29 is 24.2 Å². The minimum atomic E-state index is -0.929. The molecule has 0 bridgehead atoms. The van der Waals surface area contributed by atoms with Crippen LogP contribution in [-0.2, 0) is 11.2 Å². The van der Waals surface area contributed by atoms with Crippen LogP contribution in [0.3, 0.4) is 0 Å². The molecule has 190 valence electrons. The van der Waals surface area contributed by atoms with E-state index < -0.39 is 11.5 Å². The molecule has 11 heteroatoms. The Morgan fingerprint density at radius 3 is 2.75 bits per heavy atom. The fraction of sp³-hybridized carbons (Fsp3) is 0.480. The summed E-state index contributed by atoms with van der Waals surface area (Å²) in [6.07, 6.45) is 9.86. The van der Waals surface area contributed by atoms with Crippen LogP contribution >= 0.6 is 0 Å². The topological polar surface area (TPSA) is 154 Å². The van der Waals surface area contributed by atoms with Crippen molar-refractivity contribution in [2.24, 2.45) is 11.1 Å². The lowest BCUT2D eigenvalue weighted by atomic mass is 9.53. The van der Waals surface area contributed by atoms with Gasteiger partial charge < -0.3 is 25.6 Å². The second-order valence-corrected chi connectivity index (χ2v) is 10.6. The zero-order chi connectivity index (χ0) is 25.5. The maximum Gasteiger partial charge on any atom is 0.255 e. The van der Waals surface area contributed by atoms with Gasteiger partial charge >= 0.3 is 0 Å². The summed E-state index contributed by atoms with van der Waals surface area (Å²) in [5.74, 6) is 0.172. The van der Waals surface area contributed by atoms with Gasteiger partial charge in [-0.3, -0.25) is 9.59 Å². The summed E-state index contributed by atoms with van der Waals surface area (Å²) >= 11 is 0. The number of hydrogen-bond donors (Lipinski definition) is 3. The van der Waals surface area contributed by atoms with E-state index in [0.717, 1.165) is 36.8 Å². The smallest absolute Gasteiger partial charge is 0.255 e. The number of aliphatic hydroxyl groups is 1. The molecular weight excluding hydrogens is 464 g/mol. The SMILES string of the molecule is CC(C)(O)COc1ccc2c(CC(=O)NC3CC4(C3)CC(Oc3ncncc3C(N)=O)C4)cnn2c1. The molecule has 2 fully saturated rings. The number of pyridine rings is 1. The molecule has 11 nitrogen and oxygen atoms in total. The molecule has 0 unspecified atom stereocenters. The average molecular weight is 495 g/mol. The number of carbonyl (C=O) groups excluding carboxylic acids is 2. The predicted molar refractivity (Wildman–Crippen MR) is 128 cm³/mol. The molecule has 0 atom stereocenters. The Labute approximate surface area is 208 Å². The van der Waals surface area contributed by atoms with Gasteiger partial charge in [0.2, 0.25) is 11.8 Å². The monoisotopic (exact) mass is 494 g/mol. The minimum absolute atomic E-state index is 0.0224. The van der Waals surface area contributed by atoms with E-state index >= 15 is 0 Å². The molecule has 1 spiro atoms. The van der Waals surface area contributed by atoms with Crippen LogP contribution < -0.4 is 20.5 Å². The maximum absolute atomic E-state index is 12.7. The quantitative estimate of drug-likeness (QED) is 0.404. The second-order valence-electron chi connectivity index (χ2n) is 10.6. The summed E-state index contributed by atoms with van der Waals surface area (Å²) < 4.78 is 13.2. The lowest BCUT2D eigenvalue weighted by Gasteiger charge is -2.57. The van der Waals surface area contributed by atoms with Gasteiger partial charge in [0, 0.05) is 17.8 Å². The van der Waals surface area contributed by atoms with Crippen molar-refractivity contribution in [3.63, 3.8) is 0 Å². The van der Waals surface area contributed by atoms with Gasteiger partial charge in [-0.2, -0.15) is 5.10 Å². The number of amides is 2. The van der Waals surface area contributed by atoms with E-state index in [-0.39, 0.29) is 47.9 Å². The number of nitrogens with one attached hydrogen (secondary N) is 1. The molecule has 2 aliphatic rings. The van der Waals surface area contributed by atoms with Gasteiger partial charge in [0.05, 0.1) is 29.9 Å². The first-order valence-electron chi connectivity index (χ1n) is 12.0. The van der Waals surface area contributed by atoms with Crippen molar-refractivity contribution in [3.05, 3.63) is 48.2 Å². The van der Waals surface area contributed by atoms with Gasteiger partial charge in [0.1, 0.15) is 30.4 Å². The number of hydrogen-bond acceptors (Lipinski definition) is 8. The molecule has 3 aromatic heterocycles. The molecule has 2 saturated carbocycles. The summed E-state index contributed by atoms with van der Waals surface area (Å²) in [6, 6.07) is 3.81. The number of aromatic nitrogens is 4. The van der Waals surface area contributed by atoms with E-state index in [1.807, 2.05) is 12.1 Å². The Bertz CT molecular complexity index is 1290. The Morgan fingerprint density at radius 1 is 1.25 bits per heavy atom. The normalized spacial score (nSPS) is 23.1. The van der Waals surface area contributed by atoms with E-state index in [1.165, 1.54) is 12.5 Å². The fourth-order valence-electron chi connectivity index (χ4n) is 5.10. The molecule has 3 heterocycles. The molecule has 5 rings (SSSR count). The number of fused-ring (bicyclic) bond motifs is 1. The van der Waals surface area contributed by atoms with Crippen LogP contribution in [0.2, 0.25) is 0 Å². The van der Waals surface area contributed by atoms with Crippen LogP contribution in [0.15, 0.2) is 37.1 Å². The average Bonchev–Trinajstić information content (AvgIpc) is 3.16. The van der Waals surface area contributed by atoms with Crippen molar-refractivity contribution in [1.29, 1.82) is 0 Å². The second kappa shape index (κ2) is 9.05. The minimum Gasteiger partial charge on any atom is -0.489 e. The largest absolute Gasteiger partial charge is 0.489 e. The summed E-state index contributed by atoms with van der Waals surface area (Å²) in [7, 11) is 0. The number of nitrogens with two attached hydrogens (primary N) is 1. The van der Waals surface area contributed by atoms with E-state index in [0.29, 0.717) is 5.75 Å². The molecule has 2 amide bonds. The Balaban J connectivity index is 1.09. The van der Waals surface area contributed by atoms with Gasteiger partial charge in [-0.15, -0.1) is 0 Å². The third kappa shape index (κ3) is 5.11. The Kier molecular flexibility index (Phi) is 6.03. The third-order valence-corrected chi connectivity index (χ3v) is 6.78. The zero-order valence-corrected chi connectivity index (χ0v) is 20.3. The highest BCUT2D eigenvalue weighted by Gasteiger charge is 2.54. The van der Waals surface area contributed by atoms with E-state index in [4.69, 9.17) is 15.2 Å². The zero-order valence-electron chi connectivity index (χ0n) is 20.3. The number of ether oxygens (including phenoxy) is 2. The van der Waals surface area contributed by atoms with Gasteiger partial charge in [-0.1, -0.05) is 0 Å². The molecule has 0 saturated heterocycles. The highest BCUT2D eigenvalue weighted by Crippen LogP contribution is 2.56. The van der Waals surface area contributed by atoms with Gasteiger partial charge in [-0.05, 0) is 57.1 Å². The fourth-order valence-corrected chi connectivity index (χ4v) is 5.10. The van der Waals surface area contributed by atoms with E-state index in [1.54, 1.807) is 30.8 Å². The molecular formula is C25H30N6O5. The van der Waals surface area contributed by atoms with Crippen LogP contribution in [0.25, 0.3) is 5.52 Å². The van der Waals surface area contributed by atoms with Crippen molar-refractivity contribution in [2.45, 2.75) is 63.7 Å². The highest BCUT2D eigenvalue weighted by atomic mass is 16.5. The molecule has 0 aliphatic heterocycles. The number of nitrogens with zero attached hydrogens (tertiary/aromatic N) is 4. The van der Waals surface area contributed by atoms with Crippen LogP contribution in [-0.4, -0.2) is 60.9 Å². The van der Waals surface area contributed by atoms with Crippen molar-refractivity contribution in [3.8, 4) is 11.6 Å². The first-order valence-corrected chi connectivity index (χ1v) is 12.0. The molecule has 2 aliphatic carbocycles. The predicted octanol–water partition coefficient (Wildman–Crippen LogP) is 1.42. The molecule has 36 heavy (non-hydrogen) atoms. The van der Waals surface area contributed by atoms with E-state index in [9.17, 15) is 14.7 Å². The highest BCUT2D eigenvalue weighted by molar-refractivity contribution is 5.94. The van der Waals surface area contributed by atoms with Gasteiger partial charge in [0.15, 0.2) is 0 Å². The lowest BCUT2D eigenvalue weighted by Crippen LogP contribution is -2.59. The van der Waals surface area contributed by atoms with Crippen LogP contribution in [0.1, 0.15) is 55.5 Å².